The normalized spacial score (nSPS) is 11.2. The van der Waals surface area contributed by atoms with E-state index in [1.54, 1.807) is 17.1 Å². The second-order valence-electron chi connectivity index (χ2n) is 6.26. The molecule has 0 atom stereocenters. The molecule has 0 radical (unpaired) electrons. The minimum atomic E-state index is 0. The second-order valence-corrected chi connectivity index (χ2v) is 7.18. The molecule has 0 aliphatic rings. The summed E-state index contributed by atoms with van der Waals surface area (Å²) in [4.78, 5) is 11.3. The third kappa shape index (κ3) is 5.81. The summed E-state index contributed by atoms with van der Waals surface area (Å²) in [5, 5.41) is 7.59. The lowest BCUT2D eigenvalue weighted by atomic mass is 10.2. The van der Waals surface area contributed by atoms with Gasteiger partial charge < -0.3 is 14.8 Å². The molecule has 0 spiro atoms. The summed E-state index contributed by atoms with van der Waals surface area (Å²) >= 11 is 3.53. The minimum absolute atomic E-state index is 0. The van der Waals surface area contributed by atoms with Crippen LogP contribution in [0.5, 0.6) is 0 Å². The van der Waals surface area contributed by atoms with Crippen molar-refractivity contribution in [3.05, 3.63) is 64.8 Å². The van der Waals surface area contributed by atoms with E-state index in [-0.39, 0.29) is 24.0 Å². The van der Waals surface area contributed by atoms with Gasteiger partial charge in [0.2, 0.25) is 0 Å². The Morgan fingerprint density at radius 2 is 2.14 bits per heavy atom. The van der Waals surface area contributed by atoms with Crippen LogP contribution >= 0.6 is 39.9 Å². The zero-order chi connectivity index (χ0) is 19.2. The number of aromatic nitrogens is 4. The summed E-state index contributed by atoms with van der Waals surface area (Å²) in [7, 11) is 4.09. The molecular weight excluding hydrogens is 533 g/mol. The highest BCUT2D eigenvalue weighted by molar-refractivity contribution is 14.0. The van der Waals surface area contributed by atoms with Gasteiger partial charge in [0, 0.05) is 55.6 Å². The molecule has 0 aliphatic carbocycles. The number of pyridine rings is 1. The summed E-state index contributed by atoms with van der Waals surface area (Å²) in [6, 6.07) is 7.99. The van der Waals surface area contributed by atoms with E-state index in [4.69, 9.17) is 4.99 Å². The van der Waals surface area contributed by atoms with Crippen LogP contribution in [0.25, 0.3) is 5.82 Å². The first-order valence-corrected chi connectivity index (χ1v) is 9.61. The minimum Gasteiger partial charge on any atom is -0.357 e. The first kappa shape index (κ1) is 22.4. The fraction of sp³-hybridized carbons (Fsp3) is 0.316. The Labute approximate surface area is 191 Å². The van der Waals surface area contributed by atoms with E-state index in [0.717, 1.165) is 34.9 Å². The van der Waals surface area contributed by atoms with Gasteiger partial charge in [-0.1, -0.05) is 0 Å². The van der Waals surface area contributed by atoms with Gasteiger partial charge in [0.05, 0.1) is 13.1 Å². The van der Waals surface area contributed by atoms with Crippen LogP contribution in [0.15, 0.2) is 58.5 Å². The number of hydrogen-bond acceptors (Lipinski definition) is 3. The van der Waals surface area contributed by atoms with E-state index in [2.05, 4.69) is 60.0 Å². The number of nitrogens with zero attached hydrogens (tertiary/aromatic N) is 6. The highest BCUT2D eigenvalue weighted by Gasteiger charge is 2.10. The molecule has 0 saturated carbocycles. The topological polar surface area (TPSA) is 63.3 Å². The van der Waals surface area contributed by atoms with Crippen molar-refractivity contribution in [1.82, 2.24) is 29.5 Å². The van der Waals surface area contributed by atoms with Crippen LogP contribution in [-0.2, 0) is 20.1 Å². The van der Waals surface area contributed by atoms with Crippen molar-refractivity contribution >= 4 is 45.9 Å². The summed E-state index contributed by atoms with van der Waals surface area (Å²) in [5.74, 6) is 1.66. The number of guanidine groups is 1. The van der Waals surface area contributed by atoms with Crippen LogP contribution in [0, 0.1) is 0 Å². The molecule has 3 rings (SSSR count). The third-order valence-corrected chi connectivity index (χ3v) is 4.56. The van der Waals surface area contributed by atoms with Gasteiger partial charge >= 0.3 is 0 Å². The maximum absolute atomic E-state index is 4.79. The van der Waals surface area contributed by atoms with Crippen LogP contribution in [0.4, 0.5) is 0 Å². The molecule has 0 saturated heterocycles. The summed E-state index contributed by atoms with van der Waals surface area (Å²) in [6.45, 7) is 4.22. The van der Waals surface area contributed by atoms with Crippen LogP contribution in [0.3, 0.4) is 0 Å². The zero-order valence-corrected chi connectivity index (χ0v) is 20.1. The van der Waals surface area contributed by atoms with Gasteiger partial charge in [0.1, 0.15) is 0 Å². The van der Waals surface area contributed by atoms with Crippen LogP contribution in [-0.4, -0.2) is 43.8 Å². The van der Waals surface area contributed by atoms with Gasteiger partial charge in [0.15, 0.2) is 11.8 Å². The largest absolute Gasteiger partial charge is 0.357 e. The number of halogens is 2. The van der Waals surface area contributed by atoms with Gasteiger partial charge in [-0.2, -0.15) is 5.10 Å². The van der Waals surface area contributed by atoms with Crippen LogP contribution < -0.4 is 5.32 Å². The molecule has 0 unspecified atom stereocenters. The maximum atomic E-state index is 4.79. The Bertz CT molecular complexity index is 905. The molecule has 1 N–H and O–H groups in total. The molecular formula is C19H25BrIN7. The number of nitrogens with one attached hydrogen (secondary N) is 1. The van der Waals surface area contributed by atoms with E-state index >= 15 is 0 Å². The van der Waals surface area contributed by atoms with Crippen molar-refractivity contribution in [2.75, 3.05) is 13.6 Å². The third-order valence-electron chi connectivity index (χ3n) is 4.13. The Morgan fingerprint density at radius 3 is 2.79 bits per heavy atom. The molecule has 9 heteroatoms. The van der Waals surface area contributed by atoms with E-state index < -0.39 is 0 Å². The first-order valence-electron chi connectivity index (χ1n) is 8.82. The number of aliphatic imine (C=N–C) groups is 1. The average Bonchev–Trinajstić information content (AvgIpc) is 3.29. The average molecular weight is 558 g/mol. The summed E-state index contributed by atoms with van der Waals surface area (Å²) in [5.41, 5.74) is 2.29. The zero-order valence-electron chi connectivity index (χ0n) is 16.2. The van der Waals surface area contributed by atoms with Crippen LogP contribution in [0.1, 0.15) is 18.2 Å². The Kier molecular flexibility index (Phi) is 8.49. The number of aryl methyl sites for hydroxylation is 1. The standard InChI is InChI=1S/C19H24BrN7.HI/c1-4-21-19(26(3)14-17-11-16(20)13-25(17)2)23-12-15-6-8-22-18(10-15)27-9-5-7-24-27;/h5-11,13H,4,12,14H2,1-3H3,(H,21,23);1H. The number of hydrogen-bond donors (Lipinski definition) is 1. The molecule has 0 fully saturated rings. The van der Waals surface area contributed by atoms with Gasteiger partial charge in [-0.3, -0.25) is 0 Å². The maximum Gasteiger partial charge on any atom is 0.194 e. The van der Waals surface area contributed by atoms with Crippen molar-refractivity contribution in [2.45, 2.75) is 20.0 Å². The predicted octanol–water partition coefficient (Wildman–Crippen LogP) is 3.58. The lowest BCUT2D eigenvalue weighted by Gasteiger charge is -2.22. The van der Waals surface area contributed by atoms with Crippen molar-refractivity contribution in [3.8, 4) is 5.82 Å². The lowest BCUT2D eigenvalue weighted by Crippen LogP contribution is -2.38. The summed E-state index contributed by atoms with van der Waals surface area (Å²) in [6.07, 6.45) is 7.47. The van der Waals surface area contributed by atoms with Gasteiger partial charge in [0.25, 0.3) is 0 Å². The highest BCUT2D eigenvalue weighted by atomic mass is 127. The second kappa shape index (κ2) is 10.6. The first-order chi connectivity index (χ1) is 13.1. The predicted molar refractivity (Wildman–Crippen MR) is 126 cm³/mol. The molecule has 0 aromatic carbocycles. The van der Waals surface area contributed by atoms with Gasteiger partial charge in [-0.05, 0) is 52.7 Å². The lowest BCUT2D eigenvalue weighted by molar-refractivity contribution is 0.462. The molecule has 3 heterocycles. The molecule has 3 aromatic heterocycles. The monoisotopic (exact) mass is 557 g/mol. The molecule has 7 nitrogen and oxygen atoms in total. The molecule has 0 aliphatic heterocycles. The Hall–Kier alpha value is -1.88. The summed E-state index contributed by atoms with van der Waals surface area (Å²) < 4.78 is 4.94. The van der Waals surface area contributed by atoms with Crippen LogP contribution in [0.2, 0.25) is 0 Å². The van der Waals surface area contributed by atoms with E-state index in [1.807, 2.05) is 38.5 Å². The van der Waals surface area contributed by atoms with Crippen molar-refractivity contribution < 1.29 is 0 Å². The Morgan fingerprint density at radius 1 is 1.32 bits per heavy atom. The Balaban J connectivity index is 0.00000280. The van der Waals surface area contributed by atoms with E-state index in [0.29, 0.717) is 6.54 Å². The molecule has 0 amide bonds. The number of rotatable bonds is 6. The molecule has 28 heavy (non-hydrogen) atoms. The fourth-order valence-electron chi connectivity index (χ4n) is 2.77. The fourth-order valence-corrected chi connectivity index (χ4v) is 3.34. The molecule has 150 valence electrons. The van der Waals surface area contributed by atoms with Crippen molar-refractivity contribution in [3.63, 3.8) is 0 Å². The van der Waals surface area contributed by atoms with Gasteiger partial charge in [-0.25, -0.2) is 14.7 Å². The van der Waals surface area contributed by atoms with Gasteiger partial charge in [-0.15, -0.1) is 24.0 Å². The highest BCUT2D eigenvalue weighted by Crippen LogP contribution is 2.15. The van der Waals surface area contributed by atoms with E-state index in [9.17, 15) is 0 Å². The quantitative estimate of drug-likeness (QED) is 0.286. The smallest absolute Gasteiger partial charge is 0.194 e. The van der Waals surface area contributed by atoms with E-state index in [1.165, 1.54) is 5.69 Å². The molecule has 3 aromatic rings. The molecule has 0 bridgehead atoms. The van der Waals surface area contributed by atoms with Crippen molar-refractivity contribution in [1.29, 1.82) is 0 Å². The SMILES string of the molecule is CCNC(=NCc1ccnc(-n2cccn2)c1)N(C)Cc1cc(Br)cn1C.I. The van der Waals surface area contributed by atoms with Crippen molar-refractivity contribution in [2.24, 2.45) is 12.0 Å².